The number of carbonyl (C=O) groups is 1. The van der Waals surface area contributed by atoms with Crippen LogP contribution >= 0.6 is 0 Å². The Bertz CT molecular complexity index is 655. The van der Waals surface area contributed by atoms with Crippen LogP contribution in [0.15, 0.2) is 30.3 Å². The van der Waals surface area contributed by atoms with Gasteiger partial charge in [0, 0.05) is 17.9 Å². The van der Waals surface area contributed by atoms with Crippen LogP contribution in [0.25, 0.3) is 0 Å². The van der Waals surface area contributed by atoms with Crippen LogP contribution in [0.5, 0.6) is 0 Å². The van der Waals surface area contributed by atoms with Gasteiger partial charge in [-0.2, -0.15) is 0 Å². The number of nitrogens with zero attached hydrogens (tertiary/aromatic N) is 3. The minimum absolute atomic E-state index is 0.0341. The molecule has 0 aliphatic carbocycles. The van der Waals surface area contributed by atoms with E-state index in [1.807, 2.05) is 23.1 Å². The van der Waals surface area contributed by atoms with Crippen molar-refractivity contribution in [2.75, 3.05) is 11.4 Å². The smallest absolute Gasteiger partial charge is 0.354 e. The molecule has 1 aliphatic rings. The van der Waals surface area contributed by atoms with E-state index in [2.05, 4.69) is 16.0 Å². The summed E-state index contributed by atoms with van der Waals surface area (Å²) in [5.41, 5.74) is 2.99. The molecule has 1 aromatic carbocycles. The maximum absolute atomic E-state index is 11.1. The molecular formula is C14H13N3O2. The number of carboxylic acids is 1. The van der Waals surface area contributed by atoms with Crippen LogP contribution in [0.2, 0.25) is 0 Å². The van der Waals surface area contributed by atoms with Crippen LogP contribution in [0, 0.1) is 6.92 Å². The SMILES string of the molecule is Cc1cc(C(=O)O)nc(N2CCc3ccccc32)n1. The van der Waals surface area contributed by atoms with Crippen molar-refractivity contribution in [2.24, 2.45) is 0 Å². The molecule has 1 aromatic heterocycles. The Hall–Kier alpha value is -2.43. The number of hydrogen-bond donors (Lipinski definition) is 1. The van der Waals surface area contributed by atoms with Gasteiger partial charge in [0.05, 0.1) is 0 Å². The van der Waals surface area contributed by atoms with E-state index >= 15 is 0 Å². The zero-order valence-electron chi connectivity index (χ0n) is 10.5. The van der Waals surface area contributed by atoms with Gasteiger partial charge < -0.3 is 10.0 Å². The first-order valence-corrected chi connectivity index (χ1v) is 6.09. The minimum Gasteiger partial charge on any atom is -0.477 e. The summed E-state index contributed by atoms with van der Waals surface area (Å²) in [5.74, 6) is -0.568. The molecule has 1 N–H and O–H groups in total. The van der Waals surface area contributed by atoms with Crippen molar-refractivity contribution in [2.45, 2.75) is 13.3 Å². The van der Waals surface area contributed by atoms with Gasteiger partial charge in [0.25, 0.3) is 0 Å². The fourth-order valence-electron chi connectivity index (χ4n) is 2.33. The van der Waals surface area contributed by atoms with Crippen LogP contribution in [0.3, 0.4) is 0 Å². The molecule has 0 atom stereocenters. The van der Waals surface area contributed by atoms with Crippen LogP contribution in [0.4, 0.5) is 11.6 Å². The number of aryl methyl sites for hydroxylation is 1. The maximum atomic E-state index is 11.1. The highest BCUT2D eigenvalue weighted by Crippen LogP contribution is 2.32. The molecule has 0 saturated heterocycles. The molecule has 2 heterocycles. The number of rotatable bonds is 2. The largest absolute Gasteiger partial charge is 0.477 e. The van der Waals surface area contributed by atoms with Gasteiger partial charge in [-0.1, -0.05) is 18.2 Å². The highest BCUT2D eigenvalue weighted by atomic mass is 16.4. The lowest BCUT2D eigenvalue weighted by molar-refractivity contribution is 0.0690. The molecule has 0 radical (unpaired) electrons. The molecule has 0 spiro atoms. The molecule has 96 valence electrons. The average Bonchev–Trinajstić information content (AvgIpc) is 2.81. The van der Waals surface area contributed by atoms with E-state index in [0.29, 0.717) is 11.6 Å². The second-order valence-corrected chi connectivity index (χ2v) is 4.53. The van der Waals surface area contributed by atoms with Gasteiger partial charge in [-0.05, 0) is 31.0 Å². The van der Waals surface area contributed by atoms with Crippen LogP contribution in [0.1, 0.15) is 21.7 Å². The second kappa shape index (κ2) is 4.35. The minimum atomic E-state index is -1.03. The van der Waals surface area contributed by atoms with E-state index in [4.69, 9.17) is 5.11 Å². The number of aromatic nitrogens is 2. The van der Waals surface area contributed by atoms with Gasteiger partial charge in [-0.25, -0.2) is 14.8 Å². The molecule has 19 heavy (non-hydrogen) atoms. The number of carboxylic acid groups (broad SMARTS) is 1. The zero-order chi connectivity index (χ0) is 13.4. The van der Waals surface area contributed by atoms with Crippen molar-refractivity contribution in [3.63, 3.8) is 0 Å². The zero-order valence-corrected chi connectivity index (χ0v) is 10.5. The van der Waals surface area contributed by atoms with Crippen molar-refractivity contribution >= 4 is 17.6 Å². The fraction of sp³-hybridized carbons (Fsp3) is 0.214. The van der Waals surface area contributed by atoms with Gasteiger partial charge in [-0.3, -0.25) is 0 Å². The van der Waals surface area contributed by atoms with Crippen LogP contribution in [-0.2, 0) is 6.42 Å². The van der Waals surface area contributed by atoms with Crippen molar-refractivity contribution < 1.29 is 9.90 Å². The maximum Gasteiger partial charge on any atom is 0.354 e. The molecule has 0 amide bonds. The summed E-state index contributed by atoms with van der Waals surface area (Å²) in [6.07, 6.45) is 0.926. The number of benzene rings is 1. The van der Waals surface area contributed by atoms with Gasteiger partial charge in [-0.15, -0.1) is 0 Å². The Kier molecular flexibility index (Phi) is 2.67. The average molecular weight is 255 g/mol. The lowest BCUT2D eigenvalue weighted by Crippen LogP contribution is -2.18. The number of anilines is 2. The summed E-state index contributed by atoms with van der Waals surface area (Å²) in [6.45, 7) is 2.56. The van der Waals surface area contributed by atoms with E-state index in [1.165, 1.54) is 11.6 Å². The standard InChI is InChI=1S/C14H13N3O2/c1-9-8-11(13(18)19)16-14(15-9)17-7-6-10-4-2-3-5-12(10)17/h2-5,8H,6-7H2,1H3,(H,18,19). The van der Waals surface area contributed by atoms with Crippen molar-refractivity contribution in [1.29, 1.82) is 0 Å². The fourth-order valence-corrected chi connectivity index (χ4v) is 2.33. The van der Waals surface area contributed by atoms with Gasteiger partial charge in [0.1, 0.15) is 0 Å². The van der Waals surface area contributed by atoms with E-state index in [1.54, 1.807) is 6.92 Å². The number of hydrogen-bond acceptors (Lipinski definition) is 4. The van der Waals surface area contributed by atoms with Gasteiger partial charge >= 0.3 is 5.97 Å². The Labute approximate surface area is 110 Å². The predicted octanol–water partition coefficient (Wildman–Crippen LogP) is 2.18. The third-order valence-electron chi connectivity index (χ3n) is 3.19. The normalized spacial score (nSPS) is 13.4. The summed E-state index contributed by atoms with van der Waals surface area (Å²) >= 11 is 0. The van der Waals surface area contributed by atoms with Crippen molar-refractivity contribution in [3.8, 4) is 0 Å². The quantitative estimate of drug-likeness (QED) is 0.890. The summed E-state index contributed by atoms with van der Waals surface area (Å²) in [7, 11) is 0. The topological polar surface area (TPSA) is 66.3 Å². The first-order valence-electron chi connectivity index (χ1n) is 6.09. The molecule has 2 aromatic rings. The molecule has 3 rings (SSSR count). The summed E-state index contributed by atoms with van der Waals surface area (Å²) in [4.78, 5) is 21.5. The number of para-hydroxylation sites is 1. The van der Waals surface area contributed by atoms with Crippen LogP contribution < -0.4 is 4.90 Å². The Balaban J connectivity index is 2.07. The van der Waals surface area contributed by atoms with E-state index in [-0.39, 0.29) is 5.69 Å². The molecule has 0 bridgehead atoms. The summed E-state index contributed by atoms with van der Waals surface area (Å²) < 4.78 is 0. The second-order valence-electron chi connectivity index (χ2n) is 4.53. The van der Waals surface area contributed by atoms with Gasteiger partial charge in [0.15, 0.2) is 5.69 Å². The lowest BCUT2D eigenvalue weighted by Gasteiger charge is -2.17. The molecule has 5 heteroatoms. The Morgan fingerprint density at radius 2 is 2.11 bits per heavy atom. The van der Waals surface area contributed by atoms with E-state index in [9.17, 15) is 4.79 Å². The highest BCUT2D eigenvalue weighted by molar-refractivity contribution is 5.86. The van der Waals surface area contributed by atoms with Crippen molar-refractivity contribution in [3.05, 3.63) is 47.3 Å². The Morgan fingerprint density at radius 1 is 1.32 bits per heavy atom. The number of fused-ring (bicyclic) bond motifs is 1. The summed E-state index contributed by atoms with van der Waals surface area (Å²) in [6, 6.07) is 9.53. The lowest BCUT2D eigenvalue weighted by atomic mass is 10.2. The predicted molar refractivity (Wildman–Crippen MR) is 70.9 cm³/mol. The third kappa shape index (κ3) is 2.03. The molecule has 0 saturated carbocycles. The number of aromatic carboxylic acids is 1. The van der Waals surface area contributed by atoms with Gasteiger partial charge in [0.2, 0.25) is 5.95 Å². The van der Waals surface area contributed by atoms with E-state index in [0.717, 1.165) is 18.7 Å². The highest BCUT2D eigenvalue weighted by Gasteiger charge is 2.23. The van der Waals surface area contributed by atoms with Crippen LogP contribution in [-0.4, -0.2) is 27.6 Å². The molecule has 5 nitrogen and oxygen atoms in total. The molecule has 0 fully saturated rings. The molecule has 0 unspecified atom stereocenters. The first-order chi connectivity index (χ1) is 9.15. The first kappa shape index (κ1) is 11.6. The third-order valence-corrected chi connectivity index (χ3v) is 3.19. The molecule has 1 aliphatic heterocycles. The molecular weight excluding hydrogens is 242 g/mol. The van der Waals surface area contributed by atoms with Crippen molar-refractivity contribution in [1.82, 2.24) is 9.97 Å². The van der Waals surface area contributed by atoms with E-state index < -0.39 is 5.97 Å². The summed E-state index contributed by atoms with van der Waals surface area (Å²) in [5, 5.41) is 9.06. The monoisotopic (exact) mass is 255 g/mol. The Morgan fingerprint density at radius 3 is 2.89 bits per heavy atom.